The van der Waals surface area contributed by atoms with Crippen LogP contribution in [0.15, 0.2) is 73.2 Å². The van der Waals surface area contributed by atoms with Gasteiger partial charge in [0.2, 0.25) is 0 Å². The third-order valence-corrected chi connectivity index (χ3v) is 3.84. The van der Waals surface area contributed by atoms with Crippen LogP contribution in [0, 0.1) is 0 Å². The summed E-state index contributed by atoms with van der Waals surface area (Å²) in [5.74, 6) is 0. The van der Waals surface area contributed by atoms with Gasteiger partial charge in [-0.25, -0.2) is 0 Å². The van der Waals surface area contributed by atoms with Gasteiger partial charge in [0.05, 0.1) is 12.3 Å². The van der Waals surface area contributed by atoms with E-state index in [1.54, 1.807) is 6.20 Å². The summed E-state index contributed by atoms with van der Waals surface area (Å²) in [7, 11) is 0. The Morgan fingerprint density at radius 2 is 1.75 bits per heavy atom. The lowest BCUT2D eigenvalue weighted by atomic mass is 10.1. The van der Waals surface area contributed by atoms with Gasteiger partial charge in [-0.1, -0.05) is 30.3 Å². The maximum Gasteiger partial charge on any atom is 0.0702 e. The van der Waals surface area contributed by atoms with Crippen LogP contribution in [0.2, 0.25) is 0 Å². The molecule has 122 valence electrons. The van der Waals surface area contributed by atoms with Gasteiger partial charge in [0.1, 0.15) is 0 Å². The normalized spacial score (nSPS) is 10.9. The molecule has 0 fully saturated rings. The van der Waals surface area contributed by atoms with Crippen LogP contribution in [-0.4, -0.2) is 33.1 Å². The van der Waals surface area contributed by atoms with Gasteiger partial charge in [-0.05, 0) is 35.4 Å². The lowest BCUT2D eigenvalue weighted by molar-refractivity contribution is 0.184. The summed E-state index contributed by atoms with van der Waals surface area (Å²) in [5.41, 5.74) is 4.43. The first-order chi connectivity index (χ1) is 11.8. The highest BCUT2D eigenvalue weighted by Gasteiger charge is 2.08. The molecule has 0 saturated heterocycles. The molecular formula is C20H21N3O. The molecule has 3 aromatic rings. The fourth-order valence-corrected chi connectivity index (χ4v) is 2.73. The Labute approximate surface area is 142 Å². The molecule has 0 saturated carbocycles. The van der Waals surface area contributed by atoms with Crippen molar-refractivity contribution in [3.05, 3.63) is 84.3 Å². The fourth-order valence-electron chi connectivity index (χ4n) is 2.73. The van der Waals surface area contributed by atoms with E-state index in [1.807, 2.05) is 36.7 Å². The van der Waals surface area contributed by atoms with E-state index >= 15 is 0 Å². The number of nitrogens with zero attached hydrogens (tertiary/aromatic N) is 3. The topological polar surface area (TPSA) is 49.2 Å². The second-order valence-corrected chi connectivity index (χ2v) is 5.71. The fraction of sp³-hybridized carbons (Fsp3) is 0.200. The Balaban J connectivity index is 1.75. The monoisotopic (exact) mass is 319 g/mol. The van der Waals surface area contributed by atoms with E-state index in [2.05, 4.69) is 45.2 Å². The maximum absolute atomic E-state index is 9.36. The molecule has 4 heteroatoms. The molecule has 2 aromatic heterocycles. The standard InChI is InChI=1S/C20H21N3O/c24-12-11-23(16-18-6-4-9-21-14-18)15-17-5-3-7-19(13-17)20-8-1-2-10-22-20/h1-10,13-14,24H,11-12,15-16H2. The molecule has 0 aliphatic rings. The molecule has 4 nitrogen and oxygen atoms in total. The van der Waals surface area contributed by atoms with E-state index in [4.69, 9.17) is 0 Å². The molecule has 0 aliphatic carbocycles. The molecule has 0 amide bonds. The second-order valence-electron chi connectivity index (χ2n) is 5.71. The number of rotatable bonds is 7. The van der Waals surface area contributed by atoms with Crippen molar-refractivity contribution in [2.75, 3.05) is 13.2 Å². The summed E-state index contributed by atoms with van der Waals surface area (Å²) in [6.07, 6.45) is 5.45. The summed E-state index contributed by atoms with van der Waals surface area (Å²) >= 11 is 0. The van der Waals surface area contributed by atoms with Crippen LogP contribution in [0.25, 0.3) is 11.3 Å². The number of hydrogen-bond donors (Lipinski definition) is 1. The first-order valence-electron chi connectivity index (χ1n) is 8.07. The Bertz CT molecular complexity index is 747. The summed E-state index contributed by atoms with van der Waals surface area (Å²) in [5, 5.41) is 9.36. The largest absolute Gasteiger partial charge is 0.395 e. The zero-order chi connectivity index (χ0) is 16.6. The average Bonchev–Trinajstić information content (AvgIpc) is 2.64. The number of aliphatic hydroxyl groups excluding tert-OH is 1. The minimum atomic E-state index is 0.139. The second kappa shape index (κ2) is 8.34. The van der Waals surface area contributed by atoms with E-state index in [0.29, 0.717) is 6.54 Å². The number of aromatic nitrogens is 2. The molecule has 24 heavy (non-hydrogen) atoms. The Morgan fingerprint density at radius 1 is 0.875 bits per heavy atom. The van der Waals surface area contributed by atoms with Gasteiger partial charge >= 0.3 is 0 Å². The van der Waals surface area contributed by atoms with E-state index in [-0.39, 0.29) is 6.61 Å². The van der Waals surface area contributed by atoms with Crippen molar-refractivity contribution < 1.29 is 5.11 Å². The Hall–Kier alpha value is -2.56. The molecule has 0 spiro atoms. The molecular weight excluding hydrogens is 298 g/mol. The SMILES string of the molecule is OCCN(Cc1cccnc1)Cc1cccc(-c2ccccn2)c1. The predicted molar refractivity (Wildman–Crippen MR) is 95.1 cm³/mol. The van der Waals surface area contributed by atoms with Crippen LogP contribution in [-0.2, 0) is 13.1 Å². The highest BCUT2D eigenvalue weighted by atomic mass is 16.3. The van der Waals surface area contributed by atoms with Crippen LogP contribution in [0.3, 0.4) is 0 Å². The average molecular weight is 319 g/mol. The summed E-state index contributed by atoms with van der Waals surface area (Å²) in [4.78, 5) is 10.8. The van der Waals surface area contributed by atoms with Crippen molar-refractivity contribution in [3.63, 3.8) is 0 Å². The van der Waals surface area contributed by atoms with Gasteiger partial charge in [0.15, 0.2) is 0 Å². The Morgan fingerprint density at radius 3 is 2.50 bits per heavy atom. The molecule has 1 N–H and O–H groups in total. The van der Waals surface area contributed by atoms with Gasteiger partial charge in [-0.2, -0.15) is 0 Å². The van der Waals surface area contributed by atoms with Crippen molar-refractivity contribution in [1.29, 1.82) is 0 Å². The zero-order valence-electron chi connectivity index (χ0n) is 13.5. The highest BCUT2D eigenvalue weighted by molar-refractivity contribution is 5.59. The van der Waals surface area contributed by atoms with Crippen LogP contribution in [0.5, 0.6) is 0 Å². The number of aliphatic hydroxyl groups is 1. The maximum atomic E-state index is 9.36. The van der Waals surface area contributed by atoms with Crippen molar-refractivity contribution in [1.82, 2.24) is 14.9 Å². The Kier molecular flexibility index (Phi) is 5.66. The summed E-state index contributed by atoms with van der Waals surface area (Å²) in [6.45, 7) is 2.31. The van der Waals surface area contributed by atoms with Crippen molar-refractivity contribution in [2.24, 2.45) is 0 Å². The molecule has 0 aliphatic heterocycles. The van der Waals surface area contributed by atoms with E-state index in [0.717, 1.165) is 29.9 Å². The lowest BCUT2D eigenvalue weighted by Crippen LogP contribution is -2.26. The first-order valence-corrected chi connectivity index (χ1v) is 8.07. The van der Waals surface area contributed by atoms with Crippen LogP contribution in [0.1, 0.15) is 11.1 Å². The van der Waals surface area contributed by atoms with Gasteiger partial charge in [-0.15, -0.1) is 0 Å². The van der Waals surface area contributed by atoms with Crippen molar-refractivity contribution >= 4 is 0 Å². The van der Waals surface area contributed by atoms with E-state index in [1.165, 1.54) is 5.56 Å². The quantitative estimate of drug-likeness (QED) is 0.727. The predicted octanol–water partition coefficient (Wildman–Crippen LogP) is 3.14. The third kappa shape index (κ3) is 4.47. The summed E-state index contributed by atoms with van der Waals surface area (Å²) < 4.78 is 0. The first kappa shape index (κ1) is 16.3. The number of hydrogen-bond acceptors (Lipinski definition) is 4. The molecule has 0 radical (unpaired) electrons. The van der Waals surface area contributed by atoms with Crippen molar-refractivity contribution in [2.45, 2.75) is 13.1 Å². The van der Waals surface area contributed by atoms with Gasteiger partial charge < -0.3 is 5.11 Å². The van der Waals surface area contributed by atoms with Crippen LogP contribution < -0.4 is 0 Å². The van der Waals surface area contributed by atoms with Crippen molar-refractivity contribution in [3.8, 4) is 11.3 Å². The molecule has 3 rings (SSSR count). The minimum Gasteiger partial charge on any atom is -0.395 e. The molecule has 0 unspecified atom stereocenters. The zero-order valence-corrected chi connectivity index (χ0v) is 13.5. The smallest absolute Gasteiger partial charge is 0.0702 e. The summed E-state index contributed by atoms with van der Waals surface area (Å²) in [6, 6.07) is 18.3. The highest BCUT2D eigenvalue weighted by Crippen LogP contribution is 2.19. The molecule has 0 bridgehead atoms. The molecule has 0 atom stereocenters. The third-order valence-electron chi connectivity index (χ3n) is 3.84. The molecule has 2 heterocycles. The minimum absolute atomic E-state index is 0.139. The van der Waals surface area contributed by atoms with Gasteiger partial charge in [-0.3, -0.25) is 14.9 Å². The lowest BCUT2D eigenvalue weighted by Gasteiger charge is -2.21. The number of benzene rings is 1. The van der Waals surface area contributed by atoms with Gasteiger partial charge in [0.25, 0.3) is 0 Å². The molecule has 1 aromatic carbocycles. The van der Waals surface area contributed by atoms with E-state index < -0.39 is 0 Å². The number of pyridine rings is 2. The van der Waals surface area contributed by atoms with Crippen LogP contribution >= 0.6 is 0 Å². The van der Waals surface area contributed by atoms with E-state index in [9.17, 15) is 5.11 Å². The van der Waals surface area contributed by atoms with Gasteiger partial charge in [0, 0.05) is 43.8 Å². The van der Waals surface area contributed by atoms with Crippen LogP contribution in [0.4, 0.5) is 0 Å².